The first-order valence-electron chi connectivity index (χ1n) is 9.12. The summed E-state index contributed by atoms with van der Waals surface area (Å²) in [5, 5.41) is 2.77. The zero-order valence-electron chi connectivity index (χ0n) is 16.4. The summed E-state index contributed by atoms with van der Waals surface area (Å²) in [6, 6.07) is 12.5. The SMILES string of the molecule is CC(C)C(NS(=O)(=O)c1ccc2c(c1)oc(=O)n2C)C(=O)NCc1ccccc1. The summed E-state index contributed by atoms with van der Waals surface area (Å²) in [5.74, 6) is -1.28. The standard InChI is InChI=1S/C20H23N3O5S/c1-13(2)18(19(24)21-12-14-7-5-4-6-8-14)22-29(26,27)15-9-10-16-17(11-15)28-20(25)23(16)3/h4-11,13,18,22H,12H2,1-3H3,(H,21,24). The molecule has 9 heteroatoms. The van der Waals surface area contributed by atoms with Gasteiger partial charge in [0, 0.05) is 19.7 Å². The van der Waals surface area contributed by atoms with Gasteiger partial charge in [0.05, 0.1) is 10.4 Å². The van der Waals surface area contributed by atoms with Crippen LogP contribution >= 0.6 is 0 Å². The van der Waals surface area contributed by atoms with E-state index in [0.29, 0.717) is 12.1 Å². The minimum Gasteiger partial charge on any atom is -0.408 e. The van der Waals surface area contributed by atoms with Gasteiger partial charge in [0.15, 0.2) is 5.58 Å². The molecule has 0 saturated heterocycles. The first-order chi connectivity index (χ1) is 13.7. The van der Waals surface area contributed by atoms with E-state index in [1.54, 1.807) is 13.8 Å². The molecule has 29 heavy (non-hydrogen) atoms. The lowest BCUT2D eigenvalue weighted by atomic mass is 10.0. The lowest BCUT2D eigenvalue weighted by Gasteiger charge is -2.21. The van der Waals surface area contributed by atoms with Gasteiger partial charge in [-0.05, 0) is 23.6 Å². The molecule has 3 rings (SSSR count). The average molecular weight is 417 g/mol. The first kappa shape index (κ1) is 20.8. The minimum atomic E-state index is -4.01. The number of nitrogens with zero attached hydrogens (tertiary/aromatic N) is 1. The molecular formula is C20H23N3O5S. The van der Waals surface area contributed by atoms with Crippen molar-refractivity contribution in [3.05, 3.63) is 64.6 Å². The van der Waals surface area contributed by atoms with E-state index in [9.17, 15) is 18.0 Å². The Labute approximate surface area is 168 Å². The molecule has 0 spiro atoms. The van der Waals surface area contributed by atoms with E-state index in [-0.39, 0.29) is 16.4 Å². The number of hydrogen-bond acceptors (Lipinski definition) is 5. The fourth-order valence-electron chi connectivity index (χ4n) is 2.90. The van der Waals surface area contributed by atoms with Crippen LogP contribution in [0.1, 0.15) is 19.4 Å². The van der Waals surface area contributed by atoms with Crippen molar-refractivity contribution in [2.24, 2.45) is 13.0 Å². The average Bonchev–Trinajstić information content (AvgIpc) is 2.98. The van der Waals surface area contributed by atoms with Crippen molar-refractivity contribution in [3.63, 3.8) is 0 Å². The Morgan fingerprint density at radius 2 is 1.83 bits per heavy atom. The van der Waals surface area contributed by atoms with Crippen LogP contribution in [0.2, 0.25) is 0 Å². The summed E-state index contributed by atoms with van der Waals surface area (Å²) < 4.78 is 34.5. The van der Waals surface area contributed by atoms with E-state index in [0.717, 1.165) is 5.56 Å². The second kappa shape index (κ2) is 8.22. The van der Waals surface area contributed by atoms with Gasteiger partial charge >= 0.3 is 5.76 Å². The molecule has 0 bridgehead atoms. The highest BCUT2D eigenvalue weighted by Gasteiger charge is 2.28. The molecule has 8 nitrogen and oxygen atoms in total. The summed E-state index contributed by atoms with van der Waals surface area (Å²) in [7, 11) is -2.48. The zero-order chi connectivity index (χ0) is 21.2. The molecule has 0 aliphatic heterocycles. The van der Waals surface area contributed by atoms with Crippen molar-refractivity contribution >= 4 is 27.0 Å². The monoisotopic (exact) mass is 417 g/mol. The molecule has 1 heterocycles. The number of carbonyl (C=O) groups is 1. The lowest BCUT2D eigenvalue weighted by Crippen LogP contribution is -2.49. The van der Waals surface area contributed by atoms with Gasteiger partial charge in [0.1, 0.15) is 6.04 Å². The number of rotatable bonds is 7. The maximum atomic E-state index is 12.8. The largest absolute Gasteiger partial charge is 0.419 e. The van der Waals surface area contributed by atoms with Crippen LogP contribution in [0.15, 0.2) is 62.6 Å². The molecule has 2 N–H and O–H groups in total. The summed E-state index contributed by atoms with van der Waals surface area (Å²) >= 11 is 0. The van der Waals surface area contributed by atoms with Gasteiger partial charge in [-0.15, -0.1) is 0 Å². The van der Waals surface area contributed by atoms with Crippen LogP contribution in [0.4, 0.5) is 0 Å². The molecule has 1 unspecified atom stereocenters. The molecule has 154 valence electrons. The van der Waals surface area contributed by atoms with E-state index in [2.05, 4.69) is 10.0 Å². The third-order valence-electron chi connectivity index (χ3n) is 4.61. The highest BCUT2D eigenvalue weighted by atomic mass is 32.2. The number of aromatic nitrogens is 1. The number of carbonyl (C=O) groups excluding carboxylic acids is 1. The zero-order valence-corrected chi connectivity index (χ0v) is 17.2. The topological polar surface area (TPSA) is 110 Å². The highest BCUT2D eigenvalue weighted by Crippen LogP contribution is 2.19. The van der Waals surface area contributed by atoms with Gasteiger partial charge in [-0.2, -0.15) is 4.72 Å². The molecule has 2 aromatic carbocycles. The Hall–Kier alpha value is -2.91. The number of hydrogen-bond donors (Lipinski definition) is 2. The smallest absolute Gasteiger partial charge is 0.408 e. The van der Waals surface area contributed by atoms with E-state index in [1.807, 2.05) is 30.3 Å². The molecule has 1 amide bonds. The number of oxazole rings is 1. The summed E-state index contributed by atoms with van der Waals surface area (Å²) in [6.07, 6.45) is 0. The fourth-order valence-corrected chi connectivity index (χ4v) is 4.26. The number of benzene rings is 2. The third kappa shape index (κ3) is 4.57. The van der Waals surface area contributed by atoms with Crippen LogP contribution in [0, 0.1) is 5.92 Å². The van der Waals surface area contributed by atoms with Gasteiger partial charge in [0.25, 0.3) is 0 Å². The van der Waals surface area contributed by atoms with Gasteiger partial charge < -0.3 is 9.73 Å². The maximum absolute atomic E-state index is 12.8. The van der Waals surface area contributed by atoms with Crippen molar-refractivity contribution in [2.75, 3.05) is 0 Å². The predicted molar refractivity (Wildman–Crippen MR) is 109 cm³/mol. The molecule has 1 atom stereocenters. The molecule has 0 radical (unpaired) electrons. The van der Waals surface area contributed by atoms with Crippen molar-refractivity contribution in [1.82, 2.24) is 14.6 Å². The van der Waals surface area contributed by atoms with Gasteiger partial charge in [-0.25, -0.2) is 13.2 Å². The van der Waals surface area contributed by atoms with Crippen LogP contribution in [-0.4, -0.2) is 24.9 Å². The quantitative estimate of drug-likeness (QED) is 0.609. The van der Waals surface area contributed by atoms with Crippen LogP contribution < -0.4 is 15.8 Å². The van der Waals surface area contributed by atoms with Crippen LogP contribution in [0.5, 0.6) is 0 Å². The molecule has 0 aliphatic rings. The predicted octanol–water partition coefficient (Wildman–Crippen LogP) is 1.75. The minimum absolute atomic E-state index is 0.0825. The molecule has 0 saturated carbocycles. The number of fused-ring (bicyclic) bond motifs is 1. The summed E-state index contributed by atoms with van der Waals surface area (Å²) in [6.45, 7) is 3.81. The van der Waals surface area contributed by atoms with E-state index in [4.69, 9.17) is 4.42 Å². The normalized spacial score (nSPS) is 13.0. The van der Waals surface area contributed by atoms with Crippen LogP contribution in [0.25, 0.3) is 11.1 Å². The molecule has 3 aromatic rings. The second-order valence-corrected chi connectivity index (χ2v) is 8.82. The molecule has 0 fully saturated rings. The molecule has 1 aromatic heterocycles. The van der Waals surface area contributed by atoms with E-state index < -0.39 is 27.7 Å². The Morgan fingerprint density at radius 1 is 1.14 bits per heavy atom. The van der Waals surface area contributed by atoms with E-state index in [1.165, 1.54) is 29.8 Å². The first-order valence-corrected chi connectivity index (χ1v) is 10.6. The third-order valence-corrected chi connectivity index (χ3v) is 6.05. The van der Waals surface area contributed by atoms with Crippen molar-refractivity contribution in [1.29, 1.82) is 0 Å². The van der Waals surface area contributed by atoms with Crippen molar-refractivity contribution in [2.45, 2.75) is 31.3 Å². The van der Waals surface area contributed by atoms with Gasteiger partial charge in [-0.3, -0.25) is 9.36 Å². The van der Waals surface area contributed by atoms with Gasteiger partial charge in [0.2, 0.25) is 15.9 Å². The number of aryl methyl sites for hydroxylation is 1. The Bertz CT molecular complexity index is 1180. The Morgan fingerprint density at radius 3 is 2.48 bits per heavy atom. The van der Waals surface area contributed by atoms with Crippen LogP contribution in [-0.2, 0) is 28.4 Å². The van der Waals surface area contributed by atoms with Crippen molar-refractivity contribution < 1.29 is 17.6 Å². The van der Waals surface area contributed by atoms with Crippen molar-refractivity contribution in [3.8, 4) is 0 Å². The Kier molecular flexibility index (Phi) is 5.90. The summed E-state index contributed by atoms with van der Waals surface area (Å²) in [5.41, 5.74) is 1.56. The number of nitrogens with one attached hydrogen (secondary N) is 2. The maximum Gasteiger partial charge on any atom is 0.419 e. The van der Waals surface area contributed by atoms with Crippen LogP contribution in [0.3, 0.4) is 0 Å². The fraction of sp³-hybridized carbons (Fsp3) is 0.300. The van der Waals surface area contributed by atoms with E-state index >= 15 is 0 Å². The Balaban J connectivity index is 1.80. The summed E-state index contributed by atoms with van der Waals surface area (Å²) in [4.78, 5) is 24.2. The molecular weight excluding hydrogens is 394 g/mol. The molecule has 0 aliphatic carbocycles. The highest BCUT2D eigenvalue weighted by molar-refractivity contribution is 7.89. The number of amides is 1. The lowest BCUT2D eigenvalue weighted by molar-refractivity contribution is -0.123. The van der Waals surface area contributed by atoms with Gasteiger partial charge in [-0.1, -0.05) is 44.2 Å². The second-order valence-electron chi connectivity index (χ2n) is 7.10. The number of sulfonamides is 1.